The zero-order valence-corrected chi connectivity index (χ0v) is 10.6. The third kappa shape index (κ3) is 3.68. The molecule has 100 valence electrons. The monoisotopic (exact) mass is 308 g/mol. The van der Waals surface area contributed by atoms with Crippen LogP contribution in [0.3, 0.4) is 0 Å². The van der Waals surface area contributed by atoms with Gasteiger partial charge in [0.15, 0.2) is 0 Å². The fraction of sp³-hybridized carbons (Fsp3) is 0.100. The maximum Gasteiger partial charge on any atom is 0.433 e. The highest BCUT2D eigenvalue weighted by atomic mass is 35.5. The minimum absolute atomic E-state index is 0.00294. The first-order valence-electron chi connectivity index (χ1n) is 4.85. The third-order valence-electron chi connectivity index (χ3n) is 1.97. The Labute approximate surface area is 115 Å². The highest BCUT2D eigenvalue weighted by molar-refractivity contribution is 6.33. The number of anilines is 2. The highest BCUT2D eigenvalue weighted by Gasteiger charge is 2.32. The fourth-order valence-corrected chi connectivity index (χ4v) is 1.66. The van der Waals surface area contributed by atoms with Crippen LogP contribution in [0.2, 0.25) is 10.3 Å². The molecule has 0 fully saturated rings. The summed E-state index contributed by atoms with van der Waals surface area (Å²) in [6.45, 7) is 0. The average molecular weight is 309 g/mol. The quantitative estimate of drug-likeness (QED) is 0.854. The van der Waals surface area contributed by atoms with Gasteiger partial charge in [-0.3, -0.25) is 4.98 Å². The molecule has 2 rings (SSSR count). The third-order valence-corrected chi connectivity index (χ3v) is 2.36. The van der Waals surface area contributed by atoms with Gasteiger partial charge in [-0.1, -0.05) is 23.2 Å². The second-order valence-corrected chi connectivity index (χ2v) is 4.16. The number of nitrogens with one attached hydrogen (secondary N) is 1. The lowest BCUT2D eigenvalue weighted by atomic mass is 10.3. The van der Waals surface area contributed by atoms with Gasteiger partial charge in [0.2, 0.25) is 5.95 Å². The molecule has 0 saturated carbocycles. The Morgan fingerprint density at radius 2 is 1.68 bits per heavy atom. The molecule has 0 spiro atoms. The normalized spacial score (nSPS) is 11.4. The van der Waals surface area contributed by atoms with Crippen LogP contribution >= 0.6 is 23.2 Å². The molecule has 4 nitrogen and oxygen atoms in total. The van der Waals surface area contributed by atoms with Crippen molar-refractivity contribution in [1.29, 1.82) is 0 Å². The minimum Gasteiger partial charge on any atom is -0.324 e. The Bertz CT molecular complexity index is 583. The Hall–Kier alpha value is -1.60. The van der Waals surface area contributed by atoms with E-state index in [2.05, 4.69) is 20.3 Å². The van der Waals surface area contributed by atoms with Crippen LogP contribution in [0.15, 0.2) is 24.4 Å². The van der Waals surface area contributed by atoms with Crippen molar-refractivity contribution in [3.63, 3.8) is 0 Å². The Balaban J connectivity index is 2.28. The second kappa shape index (κ2) is 5.18. The zero-order valence-electron chi connectivity index (χ0n) is 9.04. The van der Waals surface area contributed by atoms with Gasteiger partial charge in [-0.05, 0) is 12.1 Å². The second-order valence-electron chi connectivity index (χ2n) is 3.39. The summed E-state index contributed by atoms with van der Waals surface area (Å²) in [5.41, 5.74) is -0.897. The number of alkyl halides is 3. The van der Waals surface area contributed by atoms with Crippen LogP contribution in [0.5, 0.6) is 0 Å². The molecule has 0 aliphatic rings. The molecule has 19 heavy (non-hydrogen) atoms. The van der Waals surface area contributed by atoms with Gasteiger partial charge < -0.3 is 5.32 Å². The summed E-state index contributed by atoms with van der Waals surface area (Å²) in [7, 11) is 0. The number of rotatable bonds is 2. The molecule has 0 aliphatic carbocycles. The summed E-state index contributed by atoms with van der Waals surface area (Å²) in [4.78, 5) is 10.8. The van der Waals surface area contributed by atoms with Crippen LogP contribution in [0.1, 0.15) is 5.69 Å². The zero-order chi connectivity index (χ0) is 14.0. The van der Waals surface area contributed by atoms with Gasteiger partial charge in [0.25, 0.3) is 0 Å². The number of halogens is 5. The molecule has 0 amide bonds. The van der Waals surface area contributed by atoms with Gasteiger partial charge in [-0.2, -0.15) is 13.2 Å². The first-order valence-corrected chi connectivity index (χ1v) is 5.60. The van der Waals surface area contributed by atoms with Gasteiger partial charge in [0.05, 0.1) is 0 Å². The Morgan fingerprint density at radius 3 is 2.26 bits per heavy atom. The van der Waals surface area contributed by atoms with Gasteiger partial charge in [0, 0.05) is 18.0 Å². The van der Waals surface area contributed by atoms with Crippen molar-refractivity contribution in [3.8, 4) is 0 Å². The van der Waals surface area contributed by atoms with E-state index in [9.17, 15) is 13.2 Å². The summed E-state index contributed by atoms with van der Waals surface area (Å²) < 4.78 is 37.4. The SMILES string of the molecule is FC(F)(F)c1cc(Nc2nc(Cl)cc(Cl)n2)ccn1. The largest absolute Gasteiger partial charge is 0.433 e. The van der Waals surface area contributed by atoms with Gasteiger partial charge >= 0.3 is 6.18 Å². The first kappa shape index (κ1) is 13.8. The number of aromatic nitrogens is 3. The molecule has 0 aromatic carbocycles. The molecule has 0 bridgehead atoms. The lowest BCUT2D eigenvalue weighted by molar-refractivity contribution is -0.141. The summed E-state index contributed by atoms with van der Waals surface area (Å²) in [6, 6.07) is 3.48. The maximum absolute atomic E-state index is 12.5. The molecule has 0 atom stereocenters. The molecular formula is C10H5Cl2F3N4. The number of hydrogen-bond donors (Lipinski definition) is 1. The van der Waals surface area contributed by atoms with Crippen LogP contribution < -0.4 is 5.32 Å². The molecule has 9 heteroatoms. The summed E-state index contributed by atoms with van der Waals surface area (Å²) in [5, 5.41) is 2.72. The predicted molar refractivity (Wildman–Crippen MR) is 64.6 cm³/mol. The van der Waals surface area contributed by atoms with E-state index < -0.39 is 11.9 Å². The summed E-state index contributed by atoms with van der Waals surface area (Å²) >= 11 is 11.3. The van der Waals surface area contributed by atoms with Crippen molar-refractivity contribution in [2.75, 3.05) is 5.32 Å². The van der Waals surface area contributed by atoms with Gasteiger partial charge in [-0.25, -0.2) is 9.97 Å². The number of pyridine rings is 1. The summed E-state index contributed by atoms with van der Waals surface area (Å²) in [5.74, 6) is -0.00294. The van der Waals surface area contributed by atoms with E-state index in [0.29, 0.717) is 0 Å². The molecule has 1 N–H and O–H groups in total. The van der Waals surface area contributed by atoms with E-state index >= 15 is 0 Å². The van der Waals surface area contributed by atoms with E-state index in [0.717, 1.165) is 12.3 Å². The molecule has 2 aromatic heterocycles. The molecule has 2 aromatic rings. The van der Waals surface area contributed by atoms with Crippen molar-refractivity contribution >= 4 is 34.8 Å². The van der Waals surface area contributed by atoms with Gasteiger partial charge in [-0.15, -0.1) is 0 Å². The number of hydrogen-bond acceptors (Lipinski definition) is 4. The molecule has 0 unspecified atom stereocenters. The van der Waals surface area contributed by atoms with E-state index in [4.69, 9.17) is 23.2 Å². The molecular weight excluding hydrogens is 304 g/mol. The molecule has 0 radical (unpaired) electrons. The first-order chi connectivity index (χ1) is 8.84. The molecule has 2 heterocycles. The minimum atomic E-state index is -4.52. The van der Waals surface area contributed by atoms with E-state index in [1.54, 1.807) is 0 Å². The maximum atomic E-state index is 12.5. The van der Waals surface area contributed by atoms with Crippen LogP contribution in [-0.4, -0.2) is 15.0 Å². The summed E-state index contributed by atoms with van der Waals surface area (Å²) in [6.07, 6.45) is -3.50. The fourth-order valence-electron chi connectivity index (χ4n) is 1.24. The van der Waals surface area contributed by atoms with Crippen molar-refractivity contribution < 1.29 is 13.2 Å². The molecule has 0 aliphatic heterocycles. The van der Waals surface area contributed by atoms with Crippen molar-refractivity contribution in [2.45, 2.75) is 6.18 Å². The van der Waals surface area contributed by atoms with Crippen molar-refractivity contribution in [2.24, 2.45) is 0 Å². The van der Waals surface area contributed by atoms with Crippen LogP contribution in [0.4, 0.5) is 24.8 Å². The smallest absolute Gasteiger partial charge is 0.324 e. The van der Waals surface area contributed by atoms with E-state index in [1.807, 2.05) is 0 Å². The van der Waals surface area contributed by atoms with Crippen LogP contribution in [0, 0.1) is 0 Å². The lowest BCUT2D eigenvalue weighted by Crippen LogP contribution is -2.08. The van der Waals surface area contributed by atoms with E-state index in [1.165, 1.54) is 12.1 Å². The lowest BCUT2D eigenvalue weighted by Gasteiger charge is -2.09. The average Bonchev–Trinajstić information content (AvgIpc) is 2.26. The Morgan fingerprint density at radius 1 is 1.05 bits per heavy atom. The molecule has 0 saturated heterocycles. The van der Waals surface area contributed by atoms with Crippen LogP contribution in [0.25, 0.3) is 0 Å². The standard InChI is InChI=1S/C10H5Cl2F3N4/c11-7-4-8(12)19-9(18-7)17-5-1-2-16-6(3-5)10(13,14)15/h1-4H,(H,16,17,18,19). The van der Waals surface area contributed by atoms with Crippen molar-refractivity contribution in [1.82, 2.24) is 15.0 Å². The predicted octanol–water partition coefficient (Wildman–Crippen LogP) is 3.94. The van der Waals surface area contributed by atoms with Crippen molar-refractivity contribution in [3.05, 3.63) is 40.4 Å². The number of nitrogens with zero attached hydrogens (tertiary/aromatic N) is 3. The van der Waals surface area contributed by atoms with Crippen LogP contribution in [-0.2, 0) is 6.18 Å². The topological polar surface area (TPSA) is 50.7 Å². The Kier molecular flexibility index (Phi) is 3.77. The van der Waals surface area contributed by atoms with Gasteiger partial charge in [0.1, 0.15) is 16.0 Å². The highest BCUT2D eigenvalue weighted by Crippen LogP contribution is 2.29. The van der Waals surface area contributed by atoms with E-state index in [-0.39, 0.29) is 21.9 Å².